The summed E-state index contributed by atoms with van der Waals surface area (Å²) in [6.07, 6.45) is 0.356. The van der Waals surface area contributed by atoms with E-state index in [0.29, 0.717) is 18.7 Å². The van der Waals surface area contributed by atoms with Crippen molar-refractivity contribution in [1.29, 1.82) is 0 Å². The van der Waals surface area contributed by atoms with Gasteiger partial charge < -0.3 is 5.73 Å². The summed E-state index contributed by atoms with van der Waals surface area (Å²) in [6.45, 7) is 0.382. The van der Waals surface area contributed by atoms with E-state index in [0.717, 1.165) is 15.0 Å². The van der Waals surface area contributed by atoms with Crippen LogP contribution in [0.4, 0.5) is 0 Å². The molecule has 0 amide bonds. The van der Waals surface area contributed by atoms with Crippen molar-refractivity contribution in [2.45, 2.75) is 13.0 Å². The van der Waals surface area contributed by atoms with Crippen molar-refractivity contribution in [2.75, 3.05) is 0 Å². The highest BCUT2D eigenvalue weighted by Gasteiger charge is 2.12. The number of thiazole rings is 1. The van der Waals surface area contributed by atoms with E-state index in [1.165, 1.54) is 11.3 Å². The van der Waals surface area contributed by atoms with Gasteiger partial charge in [0.05, 0.1) is 0 Å². The molecule has 1 aromatic carbocycles. The second kappa shape index (κ2) is 5.53. The van der Waals surface area contributed by atoms with E-state index in [4.69, 9.17) is 5.73 Å². The van der Waals surface area contributed by atoms with E-state index >= 15 is 0 Å². The Hall–Kier alpha value is -1.04. The zero-order valence-corrected chi connectivity index (χ0v) is 11.4. The molecule has 0 aliphatic carbocycles. The quantitative estimate of drug-likeness (QED) is 0.883. The normalized spacial score (nSPS) is 10.5. The van der Waals surface area contributed by atoms with Gasteiger partial charge in [0.15, 0.2) is 5.78 Å². The van der Waals surface area contributed by atoms with Crippen molar-refractivity contribution in [3.05, 3.63) is 50.4 Å². The molecule has 2 rings (SSSR count). The number of carbonyl (C=O) groups excluding carboxylic acids is 1. The second-order valence-corrected chi connectivity index (χ2v) is 5.32. The minimum absolute atomic E-state index is 0.0212. The van der Waals surface area contributed by atoms with Gasteiger partial charge in [-0.25, -0.2) is 4.98 Å². The van der Waals surface area contributed by atoms with Crippen LogP contribution in [0.25, 0.3) is 0 Å². The number of nitrogens with two attached hydrogens (primary N) is 1. The van der Waals surface area contributed by atoms with E-state index in [-0.39, 0.29) is 5.78 Å². The summed E-state index contributed by atoms with van der Waals surface area (Å²) in [5.41, 5.74) is 6.95. The Morgan fingerprint density at radius 2 is 2.18 bits per heavy atom. The maximum absolute atomic E-state index is 12.0. The predicted molar refractivity (Wildman–Crippen MR) is 72.2 cm³/mol. The lowest BCUT2D eigenvalue weighted by Gasteiger charge is -2.01. The summed E-state index contributed by atoms with van der Waals surface area (Å²) >= 11 is 4.85. The number of rotatable bonds is 4. The summed E-state index contributed by atoms with van der Waals surface area (Å²) in [6, 6.07) is 7.69. The molecule has 0 saturated heterocycles. The van der Waals surface area contributed by atoms with Crippen LogP contribution in [0.5, 0.6) is 0 Å². The van der Waals surface area contributed by atoms with Crippen molar-refractivity contribution < 1.29 is 4.79 Å². The number of nitrogens with zero attached hydrogens (tertiary/aromatic N) is 1. The van der Waals surface area contributed by atoms with Gasteiger partial charge in [-0.1, -0.05) is 34.1 Å². The van der Waals surface area contributed by atoms with Crippen LogP contribution in [0, 0.1) is 0 Å². The number of benzene rings is 1. The molecule has 0 aliphatic heterocycles. The molecule has 3 nitrogen and oxygen atoms in total. The molecule has 0 fully saturated rings. The largest absolute Gasteiger partial charge is 0.325 e. The topological polar surface area (TPSA) is 56.0 Å². The first-order valence-corrected chi connectivity index (χ1v) is 6.79. The van der Waals surface area contributed by atoms with Crippen molar-refractivity contribution in [3.8, 4) is 0 Å². The molecule has 2 N–H and O–H groups in total. The highest BCUT2D eigenvalue weighted by atomic mass is 79.9. The molecule has 0 spiro atoms. The molecular weight excluding hydrogens is 300 g/mol. The Bertz CT molecular complexity index is 539. The summed E-state index contributed by atoms with van der Waals surface area (Å²) in [7, 11) is 0. The highest BCUT2D eigenvalue weighted by molar-refractivity contribution is 9.10. The smallest absolute Gasteiger partial charge is 0.186 e. The number of aromatic nitrogens is 1. The molecule has 0 bridgehead atoms. The van der Waals surface area contributed by atoms with Crippen molar-refractivity contribution >= 4 is 33.0 Å². The third kappa shape index (κ3) is 3.00. The summed E-state index contributed by atoms with van der Waals surface area (Å²) in [5.74, 6) is 0.0212. The first-order valence-electron chi connectivity index (χ1n) is 5.12. The Morgan fingerprint density at radius 3 is 2.82 bits per heavy atom. The fourth-order valence-electron chi connectivity index (χ4n) is 1.44. The van der Waals surface area contributed by atoms with Crippen LogP contribution in [-0.2, 0) is 13.0 Å². The number of carbonyl (C=O) groups is 1. The molecule has 0 aliphatic rings. The lowest BCUT2D eigenvalue weighted by molar-refractivity contribution is 0.0988. The lowest BCUT2D eigenvalue weighted by Crippen LogP contribution is -2.05. The summed E-state index contributed by atoms with van der Waals surface area (Å²) < 4.78 is 0.947. The molecule has 0 radical (unpaired) electrons. The Kier molecular flexibility index (Phi) is 4.04. The van der Waals surface area contributed by atoms with E-state index in [1.54, 1.807) is 5.38 Å². The van der Waals surface area contributed by atoms with E-state index in [9.17, 15) is 4.79 Å². The van der Waals surface area contributed by atoms with Crippen LogP contribution in [0.2, 0.25) is 0 Å². The first kappa shape index (κ1) is 12.4. The van der Waals surface area contributed by atoms with Gasteiger partial charge in [-0.3, -0.25) is 4.79 Å². The van der Waals surface area contributed by atoms with Crippen molar-refractivity contribution in [1.82, 2.24) is 4.98 Å². The van der Waals surface area contributed by atoms with Gasteiger partial charge in [0.1, 0.15) is 10.7 Å². The van der Waals surface area contributed by atoms with Crippen LogP contribution in [0.1, 0.15) is 21.1 Å². The van der Waals surface area contributed by atoms with Gasteiger partial charge in [0.2, 0.25) is 0 Å². The van der Waals surface area contributed by atoms with Gasteiger partial charge in [0.25, 0.3) is 0 Å². The Balaban J connectivity index is 2.14. The van der Waals surface area contributed by atoms with Crippen LogP contribution in [0.15, 0.2) is 34.1 Å². The number of hydrogen-bond donors (Lipinski definition) is 1. The molecule has 88 valence electrons. The molecule has 17 heavy (non-hydrogen) atoms. The monoisotopic (exact) mass is 310 g/mol. The van der Waals surface area contributed by atoms with E-state index < -0.39 is 0 Å². The standard InChI is InChI=1S/C12H11BrN2OS/c13-9-4-2-1-3-8(9)5-11(16)10-7-17-12(6-14)15-10/h1-4,7H,5-6,14H2. The molecule has 0 unspecified atom stereocenters. The number of ketones is 1. The average molecular weight is 311 g/mol. The third-order valence-corrected chi connectivity index (χ3v) is 3.97. The van der Waals surface area contributed by atoms with Crippen LogP contribution in [-0.4, -0.2) is 10.8 Å². The molecule has 0 atom stereocenters. The van der Waals surface area contributed by atoms with E-state index in [1.807, 2.05) is 24.3 Å². The zero-order valence-electron chi connectivity index (χ0n) is 9.02. The number of Topliss-reactive ketones (excluding diaryl/α,β-unsaturated/α-hetero) is 1. The molecular formula is C12H11BrN2OS. The predicted octanol–water partition coefficient (Wildman–Crippen LogP) is 2.79. The molecule has 1 aromatic heterocycles. The van der Waals surface area contributed by atoms with Crippen LogP contribution >= 0.6 is 27.3 Å². The number of halogens is 1. The molecule has 2 aromatic rings. The van der Waals surface area contributed by atoms with Crippen molar-refractivity contribution in [2.24, 2.45) is 5.73 Å². The van der Waals surface area contributed by atoms with Crippen molar-refractivity contribution in [3.63, 3.8) is 0 Å². The van der Waals surface area contributed by atoms with Gasteiger partial charge in [0, 0.05) is 22.8 Å². The van der Waals surface area contributed by atoms with Gasteiger partial charge in [-0.05, 0) is 11.6 Å². The average Bonchev–Trinajstić information content (AvgIpc) is 2.81. The molecule has 5 heteroatoms. The third-order valence-electron chi connectivity index (χ3n) is 2.32. The summed E-state index contributed by atoms with van der Waals surface area (Å²) in [4.78, 5) is 16.2. The molecule has 1 heterocycles. The zero-order chi connectivity index (χ0) is 12.3. The Morgan fingerprint density at radius 1 is 1.41 bits per heavy atom. The second-order valence-electron chi connectivity index (χ2n) is 3.52. The van der Waals surface area contributed by atoms with Gasteiger partial charge in [-0.2, -0.15) is 0 Å². The molecule has 0 saturated carbocycles. The van der Waals surface area contributed by atoms with Gasteiger partial charge in [-0.15, -0.1) is 11.3 Å². The highest BCUT2D eigenvalue weighted by Crippen LogP contribution is 2.18. The maximum atomic E-state index is 12.0. The first-order chi connectivity index (χ1) is 8.20. The maximum Gasteiger partial charge on any atom is 0.186 e. The fourth-order valence-corrected chi connectivity index (χ4v) is 2.54. The van der Waals surface area contributed by atoms with Crippen LogP contribution in [0.3, 0.4) is 0 Å². The van der Waals surface area contributed by atoms with Gasteiger partial charge >= 0.3 is 0 Å². The Labute approximate surface area is 112 Å². The SMILES string of the molecule is NCc1nc(C(=O)Cc2ccccc2Br)cs1. The van der Waals surface area contributed by atoms with E-state index in [2.05, 4.69) is 20.9 Å². The fraction of sp³-hybridized carbons (Fsp3) is 0.167. The minimum Gasteiger partial charge on any atom is -0.325 e. The lowest BCUT2D eigenvalue weighted by atomic mass is 10.1. The summed E-state index contributed by atoms with van der Waals surface area (Å²) in [5, 5.41) is 2.56. The minimum atomic E-state index is 0.0212. The number of hydrogen-bond acceptors (Lipinski definition) is 4. The van der Waals surface area contributed by atoms with Crippen LogP contribution < -0.4 is 5.73 Å².